The van der Waals surface area contributed by atoms with Crippen LogP contribution in [0.4, 0.5) is 5.69 Å². The van der Waals surface area contributed by atoms with Gasteiger partial charge in [-0.05, 0) is 38.5 Å². The van der Waals surface area contributed by atoms with Gasteiger partial charge in [0.05, 0.1) is 4.92 Å². The summed E-state index contributed by atoms with van der Waals surface area (Å²) in [6.07, 6.45) is 1.09. The standard InChI is InChI=1S/C14H20N4O3.ClH/c1-16-7-10-4-5-17(8-10)9-12-3-2-11(14(15)19)6-13(12)18(20)21;/h2-3,6,10,16H,4-5,7-9H2,1H3,(H2,15,19);1H. The molecule has 0 aromatic heterocycles. The largest absolute Gasteiger partial charge is 0.366 e. The molecule has 122 valence electrons. The molecule has 0 radical (unpaired) electrons. The number of halogens is 1. The van der Waals surface area contributed by atoms with E-state index in [-0.39, 0.29) is 23.7 Å². The Morgan fingerprint density at radius 1 is 1.55 bits per heavy atom. The maximum Gasteiger partial charge on any atom is 0.274 e. The number of nitro benzene ring substituents is 1. The Bertz CT molecular complexity index is 553. The smallest absolute Gasteiger partial charge is 0.274 e. The minimum atomic E-state index is -0.653. The fraction of sp³-hybridized carbons (Fsp3) is 0.500. The van der Waals surface area contributed by atoms with Gasteiger partial charge in [0.2, 0.25) is 5.91 Å². The molecular weight excluding hydrogens is 308 g/mol. The van der Waals surface area contributed by atoms with Crippen molar-refractivity contribution in [2.45, 2.75) is 13.0 Å². The van der Waals surface area contributed by atoms with Gasteiger partial charge in [-0.2, -0.15) is 0 Å². The normalized spacial score (nSPS) is 18.0. The Labute approximate surface area is 135 Å². The molecule has 1 heterocycles. The highest BCUT2D eigenvalue weighted by Crippen LogP contribution is 2.25. The summed E-state index contributed by atoms with van der Waals surface area (Å²) in [6, 6.07) is 4.44. The molecule has 22 heavy (non-hydrogen) atoms. The van der Waals surface area contributed by atoms with Gasteiger partial charge in [-0.15, -0.1) is 12.4 Å². The van der Waals surface area contributed by atoms with Crippen molar-refractivity contribution in [2.24, 2.45) is 11.7 Å². The number of benzene rings is 1. The third-order valence-corrected chi connectivity index (χ3v) is 3.82. The molecule has 1 saturated heterocycles. The first-order chi connectivity index (χ1) is 10.0. The number of nitrogens with zero attached hydrogens (tertiary/aromatic N) is 2. The molecule has 2 rings (SSSR count). The maximum absolute atomic E-state index is 11.2. The van der Waals surface area contributed by atoms with Gasteiger partial charge in [-0.3, -0.25) is 19.8 Å². The molecule has 1 aliphatic heterocycles. The van der Waals surface area contributed by atoms with E-state index >= 15 is 0 Å². The molecule has 1 amide bonds. The lowest BCUT2D eigenvalue weighted by Crippen LogP contribution is -2.24. The summed E-state index contributed by atoms with van der Waals surface area (Å²) >= 11 is 0. The van der Waals surface area contributed by atoms with Gasteiger partial charge in [-0.1, -0.05) is 6.07 Å². The van der Waals surface area contributed by atoms with Crippen molar-refractivity contribution in [3.8, 4) is 0 Å². The van der Waals surface area contributed by atoms with E-state index in [4.69, 9.17) is 5.73 Å². The average molecular weight is 329 g/mol. The second-order valence-electron chi connectivity index (χ2n) is 5.41. The van der Waals surface area contributed by atoms with Gasteiger partial charge < -0.3 is 11.1 Å². The minimum absolute atomic E-state index is 0. The van der Waals surface area contributed by atoms with Crippen LogP contribution in [0.15, 0.2) is 18.2 Å². The van der Waals surface area contributed by atoms with E-state index < -0.39 is 10.8 Å². The topological polar surface area (TPSA) is 102 Å². The molecule has 0 saturated carbocycles. The van der Waals surface area contributed by atoms with E-state index in [1.165, 1.54) is 6.07 Å². The van der Waals surface area contributed by atoms with Gasteiger partial charge in [0.25, 0.3) is 5.69 Å². The van der Waals surface area contributed by atoms with E-state index in [0.717, 1.165) is 26.1 Å². The van der Waals surface area contributed by atoms with Crippen LogP contribution in [-0.4, -0.2) is 42.4 Å². The van der Waals surface area contributed by atoms with E-state index in [1.807, 2.05) is 7.05 Å². The highest BCUT2D eigenvalue weighted by molar-refractivity contribution is 5.93. The maximum atomic E-state index is 11.2. The number of amides is 1. The number of primary amides is 1. The lowest BCUT2D eigenvalue weighted by atomic mass is 10.1. The fourth-order valence-corrected chi connectivity index (χ4v) is 2.77. The van der Waals surface area contributed by atoms with Crippen LogP contribution in [0.2, 0.25) is 0 Å². The van der Waals surface area contributed by atoms with Crippen LogP contribution in [0.1, 0.15) is 22.3 Å². The van der Waals surface area contributed by atoms with Crippen molar-refractivity contribution in [3.63, 3.8) is 0 Å². The summed E-state index contributed by atoms with van der Waals surface area (Å²) in [6.45, 7) is 3.34. The van der Waals surface area contributed by atoms with Crippen LogP contribution in [-0.2, 0) is 6.54 Å². The third-order valence-electron chi connectivity index (χ3n) is 3.82. The van der Waals surface area contributed by atoms with Gasteiger partial charge in [0.15, 0.2) is 0 Å². The van der Waals surface area contributed by atoms with E-state index in [9.17, 15) is 14.9 Å². The Hall–Kier alpha value is -1.70. The number of rotatable bonds is 6. The lowest BCUT2D eigenvalue weighted by Gasteiger charge is -2.16. The first-order valence-corrected chi connectivity index (χ1v) is 6.95. The van der Waals surface area contributed by atoms with Crippen LogP contribution in [0.5, 0.6) is 0 Å². The molecule has 1 aliphatic rings. The number of likely N-dealkylation sites (tertiary alicyclic amines) is 1. The predicted molar refractivity (Wildman–Crippen MR) is 86.2 cm³/mol. The minimum Gasteiger partial charge on any atom is -0.366 e. The van der Waals surface area contributed by atoms with Crippen molar-refractivity contribution >= 4 is 24.0 Å². The first kappa shape index (κ1) is 18.3. The lowest BCUT2D eigenvalue weighted by molar-refractivity contribution is -0.385. The number of nitrogens with two attached hydrogens (primary N) is 1. The quantitative estimate of drug-likeness (QED) is 0.602. The Balaban J connectivity index is 0.00000242. The van der Waals surface area contributed by atoms with Gasteiger partial charge in [0, 0.05) is 30.3 Å². The van der Waals surface area contributed by atoms with Crippen LogP contribution >= 0.6 is 12.4 Å². The van der Waals surface area contributed by atoms with Crippen molar-refractivity contribution in [3.05, 3.63) is 39.4 Å². The van der Waals surface area contributed by atoms with E-state index in [0.29, 0.717) is 18.0 Å². The second-order valence-corrected chi connectivity index (χ2v) is 5.41. The fourth-order valence-electron chi connectivity index (χ4n) is 2.77. The van der Waals surface area contributed by atoms with Gasteiger partial charge in [0.1, 0.15) is 0 Å². The van der Waals surface area contributed by atoms with Crippen LogP contribution < -0.4 is 11.1 Å². The highest BCUT2D eigenvalue weighted by atomic mass is 35.5. The van der Waals surface area contributed by atoms with Crippen LogP contribution in [0.25, 0.3) is 0 Å². The molecule has 0 bridgehead atoms. The third kappa shape index (κ3) is 4.40. The van der Waals surface area contributed by atoms with Crippen LogP contribution in [0.3, 0.4) is 0 Å². The zero-order valence-corrected chi connectivity index (χ0v) is 13.3. The molecule has 3 N–H and O–H groups in total. The zero-order valence-electron chi connectivity index (χ0n) is 12.4. The van der Waals surface area contributed by atoms with E-state index in [2.05, 4.69) is 10.2 Å². The van der Waals surface area contributed by atoms with Gasteiger partial charge in [-0.25, -0.2) is 0 Å². The van der Waals surface area contributed by atoms with Gasteiger partial charge >= 0.3 is 0 Å². The Kier molecular flexibility index (Phi) is 6.73. The summed E-state index contributed by atoms with van der Waals surface area (Å²) < 4.78 is 0. The molecule has 1 aromatic rings. The number of hydrogen-bond acceptors (Lipinski definition) is 5. The van der Waals surface area contributed by atoms with Crippen molar-refractivity contribution in [1.29, 1.82) is 0 Å². The number of carbonyl (C=O) groups excluding carboxylic acids is 1. The number of carbonyl (C=O) groups is 1. The summed E-state index contributed by atoms with van der Waals surface area (Å²) in [7, 11) is 1.93. The molecule has 1 aromatic carbocycles. The van der Waals surface area contributed by atoms with E-state index in [1.54, 1.807) is 12.1 Å². The molecule has 1 unspecified atom stereocenters. The predicted octanol–water partition coefficient (Wildman–Crippen LogP) is 1.16. The Morgan fingerprint density at radius 3 is 2.86 bits per heavy atom. The van der Waals surface area contributed by atoms with Crippen LogP contribution in [0, 0.1) is 16.0 Å². The Morgan fingerprint density at radius 2 is 2.27 bits per heavy atom. The second kappa shape index (κ2) is 8.07. The average Bonchev–Trinajstić information content (AvgIpc) is 2.86. The molecule has 0 aliphatic carbocycles. The summed E-state index contributed by atoms with van der Waals surface area (Å²) in [5.41, 5.74) is 5.92. The summed E-state index contributed by atoms with van der Waals surface area (Å²) in [4.78, 5) is 24.0. The molecule has 1 atom stereocenters. The molecule has 1 fully saturated rings. The molecule has 8 heteroatoms. The monoisotopic (exact) mass is 328 g/mol. The number of nitro groups is 1. The molecular formula is C14H21ClN4O3. The molecule has 0 spiro atoms. The summed E-state index contributed by atoms with van der Waals surface area (Å²) in [5.74, 6) is -0.0705. The zero-order chi connectivity index (χ0) is 15.4. The number of hydrogen-bond donors (Lipinski definition) is 2. The number of nitrogens with one attached hydrogen (secondary N) is 1. The molecule has 7 nitrogen and oxygen atoms in total. The van der Waals surface area contributed by atoms with Crippen molar-refractivity contribution < 1.29 is 9.72 Å². The first-order valence-electron chi connectivity index (χ1n) is 6.95. The van der Waals surface area contributed by atoms with Crippen molar-refractivity contribution in [2.75, 3.05) is 26.7 Å². The van der Waals surface area contributed by atoms with Crippen molar-refractivity contribution in [1.82, 2.24) is 10.2 Å². The summed E-state index contributed by atoms with van der Waals surface area (Å²) in [5, 5.41) is 14.3. The highest BCUT2D eigenvalue weighted by Gasteiger charge is 2.24. The SMILES string of the molecule is CNCC1CCN(Cc2ccc(C(N)=O)cc2[N+](=O)[O-])C1.Cl.